The van der Waals surface area contributed by atoms with Crippen LogP contribution in [0, 0.1) is 0 Å². The Kier molecular flexibility index (Phi) is 4.96. The van der Waals surface area contributed by atoms with Crippen LogP contribution in [0.1, 0.15) is 11.8 Å². The molecule has 8 nitrogen and oxygen atoms in total. The van der Waals surface area contributed by atoms with Crippen LogP contribution in [0.25, 0.3) is 5.70 Å². The first-order chi connectivity index (χ1) is 10.2. The molecule has 2 rings (SSSR count). The lowest BCUT2D eigenvalue weighted by Crippen LogP contribution is -2.45. The van der Waals surface area contributed by atoms with Crippen LogP contribution in [0.4, 0.5) is 4.39 Å². The number of hydrogen-bond acceptors (Lipinski definition) is 5. The van der Waals surface area contributed by atoms with Gasteiger partial charge in [-0.15, -0.1) is 0 Å². The van der Waals surface area contributed by atoms with Gasteiger partial charge in [-0.05, 0) is 6.07 Å². The van der Waals surface area contributed by atoms with E-state index in [-0.39, 0.29) is 0 Å². The highest BCUT2D eigenvalue weighted by molar-refractivity contribution is 7.46. The summed E-state index contributed by atoms with van der Waals surface area (Å²) in [6.45, 7) is 2.90. The van der Waals surface area contributed by atoms with Crippen molar-refractivity contribution in [1.82, 2.24) is 0 Å². The Morgan fingerprint density at radius 2 is 2.27 bits per heavy atom. The van der Waals surface area contributed by atoms with Gasteiger partial charge in [0.2, 0.25) is 0 Å². The number of nitrogens with two attached hydrogens (primary N) is 1. The van der Waals surface area contributed by atoms with E-state index in [9.17, 15) is 14.1 Å². The van der Waals surface area contributed by atoms with Crippen LogP contribution in [0.5, 0.6) is 0 Å². The fourth-order valence-corrected chi connectivity index (χ4v) is 2.44. The minimum Gasteiger partial charge on any atom is -0.399 e. The number of phosphoric acid groups is 1. The van der Waals surface area contributed by atoms with Crippen LogP contribution >= 0.6 is 7.82 Å². The van der Waals surface area contributed by atoms with E-state index in [1.54, 1.807) is 18.3 Å². The van der Waals surface area contributed by atoms with Crippen molar-refractivity contribution in [3.63, 3.8) is 0 Å². The standard InChI is InChI=1S/C12H16FN2O6P/c1-7(14)8-3-2-4-15(5-8)12-11(16)10(13)9(21-12)6-20-22(17,18)19/h2-5,9-12,16H,1,6,14H2,(H-,17,18,19)/p+1/t9?,10-,11+,12?/m0/s1. The molecular formula is C12H17FN2O6P+. The maximum Gasteiger partial charge on any atom is 0.469 e. The van der Waals surface area contributed by atoms with E-state index in [1.165, 1.54) is 10.8 Å². The molecule has 22 heavy (non-hydrogen) atoms. The normalized spacial score (nSPS) is 28.7. The largest absolute Gasteiger partial charge is 0.469 e. The van der Waals surface area contributed by atoms with Crippen molar-refractivity contribution in [2.24, 2.45) is 5.73 Å². The van der Waals surface area contributed by atoms with Crippen LogP contribution in [-0.4, -0.2) is 39.9 Å². The summed E-state index contributed by atoms with van der Waals surface area (Å²) in [5.41, 5.74) is 6.44. The van der Waals surface area contributed by atoms with Gasteiger partial charge in [-0.3, -0.25) is 4.52 Å². The first-order valence-corrected chi connectivity index (χ1v) is 7.85. The number of alkyl halides is 1. The molecule has 5 N–H and O–H groups in total. The van der Waals surface area contributed by atoms with E-state index >= 15 is 0 Å². The van der Waals surface area contributed by atoms with E-state index in [0.717, 1.165) is 0 Å². The second-order valence-electron chi connectivity index (χ2n) is 4.85. The minimum absolute atomic E-state index is 0.292. The number of ether oxygens (including phenoxy) is 1. The zero-order chi connectivity index (χ0) is 16.5. The van der Waals surface area contributed by atoms with Gasteiger partial charge < -0.3 is 25.4 Å². The predicted octanol–water partition coefficient (Wildman–Crippen LogP) is -0.391. The Labute approximate surface area is 125 Å². The van der Waals surface area contributed by atoms with Crippen molar-refractivity contribution in [3.05, 3.63) is 36.7 Å². The molecule has 0 amide bonds. The molecule has 4 atom stereocenters. The molecule has 122 valence electrons. The van der Waals surface area contributed by atoms with Crippen LogP contribution in [0.2, 0.25) is 0 Å². The molecule has 2 heterocycles. The summed E-state index contributed by atoms with van der Waals surface area (Å²) >= 11 is 0. The molecule has 1 fully saturated rings. The molecule has 0 aliphatic carbocycles. The Balaban J connectivity index is 2.14. The molecule has 1 aromatic heterocycles. The molecule has 0 saturated carbocycles. The summed E-state index contributed by atoms with van der Waals surface area (Å²) in [6.07, 6.45) is -2.68. The summed E-state index contributed by atoms with van der Waals surface area (Å²) in [4.78, 5) is 17.3. The lowest BCUT2D eigenvalue weighted by atomic mass is 10.1. The number of halogens is 1. The molecule has 0 radical (unpaired) electrons. The quantitative estimate of drug-likeness (QED) is 0.426. The average molecular weight is 335 g/mol. The zero-order valence-corrected chi connectivity index (χ0v) is 12.3. The highest BCUT2D eigenvalue weighted by atomic mass is 31.2. The van der Waals surface area contributed by atoms with Crippen LogP contribution < -0.4 is 10.3 Å². The van der Waals surface area contributed by atoms with Crippen molar-refractivity contribution >= 4 is 13.5 Å². The Morgan fingerprint density at radius 1 is 1.59 bits per heavy atom. The molecule has 2 unspecified atom stereocenters. The van der Waals surface area contributed by atoms with E-state index in [1.807, 2.05) is 0 Å². The number of phosphoric ester groups is 1. The number of hydrogen-bond donors (Lipinski definition) is 4. The fourth-order valence-electron chi connectivity index (χ4n) is 2.10. The summed E-state index contributed by atoms with van der Waals surface area (Å²) in [6, 6.07) is 3.30. The fraction of sp³-hybridized carbons (Fsp3) is 0.417. The number of nitrogens with zero attached hydrogens (tertiary/aromatic N) is 1. The van der Waals surface area contributed by atoms with Gasteiger partial charge in [0.15, 0.2) is 24.7 Å². The predicted molar refractivity (Wildman–Crippen MR) is 72.7 cm³/mol. The van der Waals surface area contributed by atoms with E-state index in [2.05, 4.69) is 11.1 Å². The molecule has 0 bridgehead atoms. The Hall–Kier alpha value is -1.35. The van der Waals surface area contributed by atoms with Crippen molar-refractivity contribution in [3.8, 4) is 0 Å². The molecular weight excluding hydrogens is 318 g/mol. The molecule has 10 heteroatoms. The van der Waals surface area contributed by atoms with Gasteiger partial charge in [0.1, 0.15) is 6.10 Å². The van der Waals surface area contributed by atoms with Gasteiger partial charge in [-0.2, -0.15) is 4.57 Å². The summed E-state index contributed by atoms with van der Waals surface area (Å²) in [5.74, 6) is 0. The molecule has 0 spiro atoms. The SMILES string of the molecule is C=C(N)c1ccc[n+](C2OC(COP(=O)(O)O)[C@H](F)[C@H]2O)c1. The average Bonchev–Trinajstić information content (AvgIpc) is 2.72. The van der Waals surface area contributed by atoms with Gasteiger partial charge in [0.25, 0.3) is 6.23 Å². The van der Waals surface area contributed by atoms with E-state index in [4.69, 9.17) is 20.3 Å². The molecule has 1 saturated heterocycles. The third kappa shape index (κ3) is 3.89. The number of rotatable bonds is 5. The lowest BCUT2D eigenvalue weighted by molar-refractivity contribution is -0.765. The zero-order valence-electron chi connectivity index (χ0n) is 11.4. The van der Waals surface area contributed by atoms with Crippen molar-refractivity contribution in [1.29, 1.82) is 0 Å². The highest BCUT2D eigenvalue weighted by Gasteiger charge is 2.50. The summed E-state index contributed by atoms with van der Waals surface area (Å²) in [5, 5.41) is 9.92. The van der Waals surface area contributed by atoms with Gasteiger partial charge in [0, 0.05) is 11.8 Å². The van der Waals surface area contributed by atoms with E-state index < -0.39 is 39.0 Å². The van der Waals surface area contributed by atoms with Gasteiger partial charge in [-0.1, -0.05) is 6.58 Å². The summed E-state index contributed by atoms with van der Waals surface area (Å²) < 4.78 is 35.6. The number of pyridine rings is 1. The van der Waals surface area contributed by atoms with Gasteiger partial charge in [0.05, 0.1) is 12.2 Å². The molecule has 1 aliphatic heterocycles. The topological polar surface area (TPSA) is 126 Å². The molecule has 0 aromatic carbocycles. The first-order valence-electron chi connectivity index (χ1n) is 6.32. The third-order valence-electron chi connectivity index (χ3n) is 3.18. The highest BCUT2D eigenvalue weighted by Crippen LogP contribution is 2.38. The lowest BCUT2D eigenvalue weighted by Gasteiger charge is -2.12. The maximum absolute atomic E-state index is 14.0. The minimum atomic E-state index is -4.74. The molecule has 1 aliphatic rings. The second-order valence-corrected chi connectivity index (χ2v) is 6.09. The van der Waals surface area contributed by atoms with Crippen LogP contribution in [0.3, 0.4) is 0 Å². The van der Waals surface area contributed by atoms with Crippen molar-refractivity contribution in [2.45, 2.75) is 24.6 Å². The maximum atomic E-state index is 14.0. The number of aliphatic hydroxyl groups excluding tert-OH is 1. The summed E-state index contributed by atoms with van der Waals surface area (Å²) in [7, 11) is -4.74. The Bertz CT molecular complexity index is 609. The molecule has 1 aromatic rings. The van der Waals surface area contributed by atoms with Crippen molar-refractivity contribution in [2.75, 3.05) is 6.61 Å². The third-order valence-corrected chi connectivity index (χ3v) is 3.67. The smallest absolute Gasteiger partial charge is 0.399 e. The number of aromatic nitrogens is 1. The monoisotopic (exact) mass is 335 g/mol. The first kappa shape index (κ1) is 17.0. The van der Waals surface area contributed by atoms with Gasteiger partial charge in [-0.25, -0.2) is 8.96 Å². The van der Waals surface area contributed by atoms with Crippen molar-refractivity contribution < 1.29 is 37.7 Å². The van der Waals surface area contributed by atoms with Crippen LogP contribution in [0.15, 0.2) is 31.1 Å². The van der Waals surface area contributed by atoms with Gasteiger partial charge >= 0.3 is 7.82 Å². The number of aliphatic hydroxyl groups is 1. The van der Waals surface area contributed by atoms with E-state index in [0.29, 0.717) is 11.3 Å². The Morgan fingerprint density at radius 3 is 2.86 bits per heavy atom. The second kappa shape index (κ2) is 6.41. The van der Waals surface area contributed by atoms with Crippen LogP contribution in [-0.2, 0) is 13.8 Å².